The molecule has 3 heterocycles. The van der Waals surface area contributed by atoms with Crippen LogP contribution >= 0.6 is 0 Å². The summed E-state index contributed by atoms with van der Waals surface area (Å²) in [5, 5.41) is 3.36. The van der Waals surface area contributed by atoms with Gasteiger partial charge in [0.1, 0.15) is 16.8 Å². The van der Waals surface area contributed by atoms with Crippen LogP contribution in [-0.4, -0.2) is 14.5 Å². The lowest BCUT2D eigenvalue weighted by molar-refractivity contribution is 0.667. The summed E-state index contributed by atoms with van der Waals surface area (Å²) < 4.78 is 8.60. The van der Waals surface area contributed by atoms with E-state index in [4.69, 9.17) is 14.4 Å². The fourth-order valence-electron chi connectivity index (χ4n) is 5.48. The molecule has 0 radical (unpaired) electrons. The molecule has 38 heavy (non-hydrogen) atoms. The summed E-state index contributed by atoms with van der Waals surface area (Å²) in [6, 6.07) is 43.8. The minimum Gasteiger partial charge on any atom is -0.452 e. The number of rotatable bonds is 3. The third-order valence-electron chi connectivity index (χ3n) is 7.21. The Hall–Kier alpha value is -5.22. The van der Waals surface area contributed by atoms with E-state index < -0.39 is 0 Å². The largest absolute Gasteiger partial charge is 0.452 e. The van der Waals surface area contributed by atoms with E-state index in [0.717, 1.165) is 44.5 Å². The Morgan fingerprint density at radius 3 is 2.05 bits per heavy atom. The van der Waals surface area contributed by atoms with Gasteiger partial charge in [-0.05, 0) is 48.5 Å². The summed E-state index contributed by atoms with van der Waals surface area (Å²) >= 11 is 0. The average Bonchev–Trinajstić information content (AvgIpc) is 3.53. The first-order chi connectivity index (χ1) is 18.8. The van der Waals surface area contributed by atoms with E-state index in [-0.39, 0.29) is 0 Å². The quantitative estimate of drug-likeness (QED) is 0.250. The molecule has 0 aliphatic carbocycles. The van der Waals surface area contributed by atoms with Crippen molar-refractivity contribution in [2.24, 2.45) is 0 Å². The zero-order valence-corrected chi connectivity index (χ0v) is 20.4. The molecular formula is C34H21N3O. The lowest BCUT2D eigenvalue weighted by atomic mass is 10.1. The Morgan fingerprint density at radius 2 is 1.21 bits per heavy atom. The predicted octanol–water partition coefficient (Wildman–Crippen LogP) is 8.81. The molecule has 0 saturated carbocycles. The molecule has 0 amide bonds. The van der Waals surface area contributed by atoms with Crippen LogP contribution in [0.4, 0.5) is 0 Å². The van der Waals surface area contributed by atoms with Crippen molar-refractivity contribution in [2.45, 2.75) is 0 Å². The van der Waals surface area contributed by atoms with E-state index in [9.17, 15) is 0 Å². The van der Waals surface area contributed by atoms with Gasteiger partial charge in [0, 0.05) is 33.0 Å². The van der Waals surface area contributed by atoms with Gasteiger partial charge < -0.3 is 8.98 Å². The van der Waals surface area contributed by atoms with Crippen LogP contribution in [0.25, 0.3) is 72.2 Å². The van der Waals surface area contributed by atoms with Gasteiger partial charge in [-0.15, -0.1) is 0 Å². The second-order valence-electron chi connectivity index (χ2n) is 9.46. The molecule has 0 atom stereocenters. The number of hydrogen-bond donors (Lipinski definition) is 0. The van der Waals surface area contributed by atoms with Crippen molar-refractivity contribution in [3.8, 4) is 28.3 Å². The smallest absolute Gasteiger partial charge is 0.180 e. The maximum atomic E-state index is 6.28. The summed E-state index contributed by atoms with van der Waals surface area (Å²) in [5.41, 5.74) is 8.59. The van der Waals surface area contributed by atoms with Gasteiger partial charge in [-0.3, -0.25) is 0 Å². The third kappa shape index (κ3) is 3.10. The monoisotopic (exact) mass is 487 g/mol. The molecule has 178 valence electrons. The van der Waals surface area contributed by atoms with E-state index in [2.05, 4.69) is 89.5 Å². The molecule has 0 aliphatic heterocycles. The zero-order chi connectivity index (χ0) is 25.1. The lowest BCUT2D eigenvalue weighted by Crippen LogP contribution is -1.95. The molecule has 4 heteroatoms. The van der Waals surface area contributed by atoms with Gasteiger partial charge in [0.15, 0.2) is 11.4 Å². The molecule has 0 N–H and O–H groups in total. The highest BCUT2D eigenvalue weighted by molar-refractivity contribution is 6.11. The normalized spacial score (nSPS) is 11.7. The van der Waals surface area contributed by atoms with Crippen LogP contribution in [0.5, 0.6) is 0 Å². The fourth-order valence-corrected chi connectivity index (χ4v) is 5.48. The van der Waals surface area contributed by atoms with Gasteiger partial charge in [-0.25, -0.2) is 9.97 Å². The molecule has 3 aromatic heterocycles. The summed E-state index contributed by atoms with van der Waals surface area (Å²) in [6.07, 6.45) is 0. The molecular weight excluding hydrogens is 466 g/mol. The van der Waals surface area contributed by atoms with E-state index in [1.54, 1.807) is 0 Å². The number of hydrogen-bond acceptors (Lipinski definition) is 3. The number of fused-ring (bicyclic) bond motifs is 6. The molecule has 4 nitrogen and oxygen atoms in total. The van der Waals surface area contributed by atoms with Gasteiger partial charge in [0.2, 0.25) is 0 Å². The van der Waals surface area contributed by atoms with Gasteiger partial charge in [-0.2, -0.15) is 0 Å². The van der Waals surface area contributed by atoms with Crippen molar-refractivity contribution in [2.75, 3.05) is 0 Å². The Bertz CT molecular complexity index is 2120. The Kier molecular flexibility index (Phi) is 4.49. The van der Waals surface area contributed by atoms with Gasteiger partial charge in [0.05, 0.1) is 11.0 Å². The van der Waals surface area contributed by atoms with Gasteiger partial charge in [0.25, 0.3) is 0 Å². The minimum atomic E-state index is 0.682. The Labute approximate surface area is 218 Å². The Morgan fingerprint density at radius 1 is 0.526 bits per heavy atom. The van der Waals surface area contributed by atoms with Crippen molar-refractivity contribution >= 4 is 43.9 Å². The molecule has 0 unspecified atom stereocenters. The minimum absolute atomic E-state index is 0.682. The van der Waals surface area contributed by atoms with E-state index >= 15 is 0 Å². The SMILES string of the molecule is c1ccc(-c2nc(-c3ccc4c(c3)c3ccccc3n4-c3ccccc3)nc3c2oc2ccccc23)cc1. The summed E-state index contributed by atoms with van der Waals surface area (Å²) in [5.74, 6) is 0.682. The summed E-state index contributed by atoms with van der Waals surface area (Å²) in [4.78, 5) is 10.1. The molecule has 0 fully saturated rings. The molecule has 0 saturated heterocycles. The summed E-state index contributed by atoms with van der Waals surface area (Å²) in [7, 11) is 0. The standard InChI is InChI=1S/C34H21N3O/c1-3-11-22(12-4-1)31-33-32(26-16-8-10-18-30(26)38-33)36-34(35-31)23-19-20-29-27(21-23)25-15-7-9-17-28(25)37(29)24-13-5-2-6-14-24/h1-21H. The van der Waals surface area contributed by atoms with Gasteiger partial charge >= 0.3 is 0 Å². The van der Waals surface area contributed by atoms with Crippen LogP contribution in [-0.2, 0) is 0 Å². The maximum Gasteiger partial charge on any atom is 0.180 e. The zero-order valence-electron chi connectivity index (χ0n) is 20.4. The average molecular weight is 488 g/mol. The molecule has 8 rings (SSSR count). The highest BCUT2D eigenvalue weighted by Crippen LogP contribution is 2.37. The van der Waals surface area contributed by atoms with E-state index in [0.29, 0.717) is 11.4 Å². The highest BCUT2D eigenvalue weighted by Gasteiger charge is 2.19. The number of furan rings is 1. The first kappa shape index (κ1) is 20.9. The first-order valence-corrected chi connectivity index (χ1v) is 12.7. The topological polar surface area (TPSA) is 43.9 Å². The fraction of sp³-hybridized carbons (Fsp3) is 0. The molecule has 8 aromatic rings. The number of benzene rings is 5. The van der Waals surface area contributed by atoms with Crippen LogP contribution in [0.2, 0.25) is 0 Å². The van der Waals surface area contributed by atoms with Crippen molar-refractivity contribution < 1.29 is 4.42 Å². The maximum absolute atomic E-state index is 6.28. The van der Waals surface area contributed by atoms with E-state index in [1.165, 1.54) is 16.3 Å². The first-order valence-electron chi connectivity index (χ1n) is 12.7. The van der Waals surface area contributed by atoms with Gasteiger partial charge in [-0.1, -0.05) is 78.9 Å². The second kappa shape index (κ2) is 8.15. The van der Waals surface area contributed by atoms with Crippen LogP contribution in [0.3, 0.4) is 0 Å². The number of aromatic nitrogens is 3. The van der Waals surface area contributed by atoms with Crippen molar-refractivity contribution in [1.29, 1.82) is 0 Å². The van der Waals surface area contributed by atoms with E-state index in [1.807, 2.05) is 42.5 Å². The van der Waals surface area contributed by atoms with Crippen LogP contribution < -0.4 is 0 Å². The highest BCUT2D eigenvalue weighted by atomic mass is 16.3. The molecule has 5 aromatic carbocycles. The predicted molar refractivity (Wildman–Crippen MR) is 155 cm³/mol. The number of para-hydroxylation sites is 3. The Balaban J connectivity index is 1.42. The van der Waals surface area contributed by atoms with Crippen LogP contribution in [0.15, 0.2) is 132 Å². The molecule has 0 spiro atoms. The second-order valence-corrected chi connectivity index (χ2v) is 9.46. The van der Waals surface area contributed by atoms with Crippen molar-refractivity contribution in [3.05, 3.63) is 127 Å². The summed E-state index contributed by atoms with van der Waals surface area (Å²) in [6.45, 7) is 0. The van der Waals surface area contributed by atoms with Crippen molar-refractivity contribution in [1.82, 2.24) is 14.5 Å². The lowest BCUT2D eigenvalue weighted by Gasteiger charge is -2.08. The number of nitrogens with zero attached hydrogens (tertiary/aromatic N) is 3. The third-order valence-corrected chi connectivity index (χ3v) is 7.21. The molecule has 0 bridgehead atoms. The van der Waals surface area contributed by atoms with Crippen LogP contribution in [0, 0.1) is 0 Å². The van der Waals surface area contributed by atoms with Crippen LogP contribution in [0.1, 0.15) is 0 Å². The van der Waals surface area contributed by atoms with Crippen molar-refractivity contribution in [3.63, 3.8) is 0 Å². The molecule has 0 aliphatic rings.